The molecule has 0 unspecified atom stereocenters. The van der Waals surface area contributed by atoms with Crippen molar-refractivity contribution in [1.29, 1.82) is 0 Å². The fraction of sp³-hybridized carbons (Fsp3) is 0.207. The van der Waals surface area contributed by atoms with Gasteiger partial charge in [-0.2, -0.15) is 0 Å². The Labute approximate surface area is 222 Å². The van der Waals surface area contributed by atoms with E-state index in [0.29, 0.717) is 28.2 Å². The number of methoxy groups -OCH3 is 1. The number of aromatic hydroxyl groups is 1. The highest BCUT2D eigenvalue weighted by Crippen LogP contribution is 2.46. The first-order valence-corrected chi connectivity index (χ1v) is 12.9. The van der Waals surface area contributed by atoms with Crippen LogP contribution in [0.5, 0.6) is 17.2 Å². The van der Waals surface area contributed by atoms with Crippen LogP contribution < -0.4 is 14.4 Å². The maximum absolute atomic E-state index is 13.5. The Morgan fingerprint density at radius 3 is 2.74 bits per heavy atom. The van der Waals surface area contributed by atoms with E-state index < -0.39 is 17.7 Å². The number of hydrogen-bond acceptors (Lipinski definition) is 8. The standard InChI is InChI=1S/C29H24N2O6S/c1-14-4-7-19-23(10-14)38-29(30-19)31-25(16-5-8-20(32)22(13-16)36-3)24(27(34)28(31)35)26(33)17-6-9-21-18(12-17)11-15(2)37-21/h4-10,12-13,15,25,32-33H,11H2,1-3H3/t15-,25+/m0/s1. The van der Waals surface area contributed by atoms with E-state index in [9.17, 15) is 19.8 Å². The van der Waals surface area contributed by atoms with Crippen LogP contribution in [0.15, 0.2) is 60.2 Å². The van der Waals surface area contributed by atoms with Crippen molar-refractivity contribution in [3.8, 4) is 17.2 Å². The molecule has 4 aromatic rings. The summed E-state index contributed by atoms with van der Waals surface area (Å²) in [5.41, 5.74) is 3.49. The van der Waals surface area contributed by atoms with Crippen LogP contribution in [0.2, 0.25) is 0 Å². The number of carbonyl (C=O) groups is 2. The van der Waals surface area contributed by atoms with Crippen LogP contribution in [0.25, 0.3) is 16.0 Å². The highest BCUT2D eigenvalue weighted by Gasteiger charge is 2.48. The summed E-state index contributed by atoms with van der Waals surface area (Å²) < 4.78 is 11.9. The number of amides is 1. The van der Waals surface area contributed by atoms with Gasteiger partial charge in [-0.3, -0.25) is 14.5 Å². The topological polar surface area (TPSA) is 109 Å². The molecule has 38 heavy (non-hydrogen) atoms. The Morgan fingerprint density at radius 1 is 1.13 bits per heavy atom. The molecule has 6 rings (SSSR count). The molecule has 3 heterocycles. The van der Waals surface area contributed by atoms with Crippen LogP contribution in [-0.2, 0) is 16.0 Å². The van der Waals surface area contributed by atoms with Gasteiger partial charge in [0.1, 0.15) is 17.6 Å². The molecule has 2 atom stereocenters. The van der Waals surface area contributed by atoms with E-state index >= 15 is 0 Å². The van der Waals surface area contributed by atoms with Gasteiger partial charge in [-0.1, -0.05) is 23.5 Å². The third-order valence-corrected chi connectivity index (χ3v) is 7.89. The minimum absolute atomic E-state index is 0.0140. The summed E-state index contributed by atoms with van der Waals surface area (Å²) in [7, 11) is 1.42. The van der Waals surface area contributed by atoms with Crippen molar-refractivity contribution in [2.24, 2.45) is 0 Å². The summed E-state index contributed by atoms with van der Waals surface area (Å²) in [6.07, 6.45) is 0.689. The van der Waals surface area contributed by atoms with E-state index in [1.54, 1.807) is 30.3 Å². The molecule has 3 aromatic carbocycles. The Morgan fingerprint density at radius 2 is 1.95 bits per heavy atom. The normalized spacial score (nSPS) is 20.1. The van der Waals surface area contributed by atoms with Gasteiger partial charge >= 0.3 is 5.91 Å². The maximum Gasteiger partial charge on any atom is 0.301 e. The second kappa shape index (κ2) is 8.88. The lowest BCUT2D eigenvalue weighted by Gasteiger charge is -2.23. The van der Waals surface area contributed by atoms with Gasteiger partial charge < -0.3 is 19.7 Å². The predicted octanol–water partition coefficient (Wildman–Crippen LogP) is 5.27. The van der Waals surface area contributed by atoms with Crippen LogP contribution in [0.4, 0.5) is 5.13 Å². The number of aromatic nitrogens is 1. The van der Waals surface area contributed by atoms with Crippen LogP contribution in [-0.4, -0.2) is 40.1 Å². The fourth-order valence-electron chi connectivity index (χ4n) is 5.06. The van der Waals surface area contributed by atoms with Crippen molar-refractivity contribution < 1.29 is 29.3 Å². The molecule has 2 aliphatic heterocycles. The van der Waals surface area contributed by atoms with E-state index in [4.69, 9.17) is 9.47 Å². The Kier molecular flexibility index (Phi) is 5.61. The number of thiazole rings is 1. The van der Waals surface area contributed by atoms with E-state index in [1.807, 2.05) is 32.0 Å². The molecule has 9 heteroatoms. The number of aryl methyl sites for hydroxylation is 1. The number of aliphatic hydroxyl groups is 1. The van der Waals surface area contributed by atoms with Gasteiger partial charge in [-0.25, -0.2) is 4.98 Å². The Balaban J connectivity index is 1.55. The quantitative estimate of drug-likeness (QED) is 0.211. The molecular formula is C29H24N2O6S. The smallest absolute Gasteiger partial charge is 0.301 e. The number of phenolic OH excluding ortho intramolecular Hbond substituents is 1. The van der Waals surface area contributed by atoms with Crippen molar-refractivity contribution in [2.75, 3.05) is 12.0 Å². The molecule has 8 nitrogen and oxygen atoms in total. The Hall–Kier alpha value is -4.37. The van der Waals surface area contributed by atoms with E-state index in [0.717, 1.165) is 21.6 Å². The van der Waals surface area contributed by atoms with Gasteiger partial charge in [0.2, 0.25) is 0 Å². The molecule has 192 valence electrons. The monoisotopic (exact) mass is 528 g/mol. The number of benzene rings is 3. The molecular weight excluding hydrogens is 504 g/mol. The highest BCUT2D eigenvalue weighted by molar-refractivity contribution is 7.22. The minimum Gasteiger partial charge on any atom is -0.507 e. The number of Topliss-reactive ketones (excluding diaryl/α,β-unsaturated/α-hetero) is 1. The number of phenols is 1. The van der Waals surface area contributed by atoms with Crippen molar-refractivity contribution >= 4 is 44.1 Å². The first-order valence-electron chi connectivity index (χ1n) is 12.1. The summed E-state index contributed by atoms with van der Waals surface area (Å²) in [6.45, 7) is 3.93. The van der Waals surface area contributed by atoms with Gasteiger partial charge in [0.05, 0.1) is 28.9 Å². The molecule has 0 saturated carbocycles. The molecule has 0 bridgehead atoms. The fourth-order valence-corrected chi connectivity index (χ4v) is 6.15. The number of fused-ring (bicyclic) bond motifs is 2. The number of nitrogens with zero attached hydrogens (tertiary/aromatic N) is 2. The van der Waals surface area contributed by atoms with Crippen molar-refractivity contribution in [3.05, 3.63) is 82.4 Å². The van der Waals surface area contributed by atoms with Gasteiger partial charge in [-0.15, -0.1) is 0 Å². The van der Waals surface area contributed by atoms with E-state index in [2.05, 4.69) is 4.98 Å². The third-order valence-electron chi connectivity index (χ3n) is 6.87. The summed E-state index contributed by atoms with van der Waals surface area (Å²) in [5.74, 6) is -1.08. The van der Waals surface area contributed by atoms with Crippen LogP contribution in [0.1, 0.15) is 35.2 Å². The largest absolute Gasteiger partial charge is 0.507 e. The molecule has 2 aliphatic rings. The van der Waals surface area contributed by atoms with E-state index in [-0.39, 0.29) is 28.9 Å². The van der Waals surface area contributed by atoms with Crippen LogP contribution >= 0.6 is 11.3 Å². The second-order valence-corrected chi connectivity index (χ2v) is 10.5. The number of aliphatic hydroxyl groups excluding tert-OH is 1. The van der Waals surface area contributed by atoms with Gasteiger partial charge in [-0.05, 0) is 73.0 Å². The zero-order valence-electron chi connectivity index (χ0n) is 20.9. The molecule has 1 saturated heterocycles. The first-order chi connectivity index (χ1) is 18.2. The van der Waals surface area contributed by atoms with Gasteiger partial charge in [0, 0.05) is 12.0 Å². The van der Waals surface area contributed by atoms with Crippen LogP contribution in [0.3, 0.4) is 0 Å². The lowest BCUT2D eigenvalue weighted by molar-refractivity contribution is -0.132. The zero-order valence-corrected chi connectivity index (χ0v) is 21.7. The molecule has 0 aliphatic carbocycles. The second-order valence-electron chi connectivity index (χ2n) is 9.52. The Bertz CT molecular complexity index is 1670. The minimum atomic E-state index is -0.991. The lowest BCUT2D eigenvalue weighted by atomic mass is 9.94. The van der Waals surface area contributed by atoms with Crippen molar-refractivity contribution in [1.82, 2.24) is 4.98 Å². The predicted molar refractivity (Wildman–Crippen MR) is 144 cm³/mol. The lowest BCUT2D eigenvalue weighted by Crippen LogP contribution is -2.29. The average molecular weight is 529 g/mol. The van der Waals surface area contributed by atoms with Gasteiger partial charge in [0.15, 0.2) is 16.6 Å². The maximum atomic E-state index is 13.5. The number of carbonyl (C=O) groups excluding carboxylic acids is 2. The van der Waals surface area contributed by atoms with Crippen molar-refractivity contribution in [2.45, 2.75) is 32.4 Å². The SMILES string of the molecule is COc1cc([C@@H]2C(=C(O)c3ccc4c(c3)C[C@H](C)O4)C(=O)C(=O)N2c2nc3ccc(C)cc3s2)ccc1O. The van der Waals surface area contributed by atoms with Gasteiger partial charge in [0.25, 0.3) is 5.78 Å². The van der Waals surface area contributed by atoms with E-state index in [1.165, 1.54) is 29.4 Å². The molecule has 2 N–H and O–H groups in total. The molecule has 1 aromatic heterocycles. The van der Waals surface area contributed by atoms with Crippen molar-refractivity contribution in [3.63, 3.8) is 0 Å². The molecule has 1 amide bonds. The summed E-state index contributed by atoms with van der Waals surface area (Å²) in [6, 6.07) is 14.6. The number of rotatable bonds is 4. The molecule has 0 spiro atoms. The highest BCUT2D eigenvalue weighted by atomic mass is 32.1. The summed E-state index contributed by atoms with van der Waals surface area (Å²) in [4.78, 5) is 33.0. The molecule has 0 radical (unpaired) electrons. The number of ether oxygens (including phenoxy) is 2. The number of ketones is 1. The van der Waals surface area contributed by atoms with Crippen LogP contribution in [0, 0.1) is 6.92 Å². The zero-order chi connectivity index (χ0) is 26.7. The summed E-state index contributed by atoms with van der Waals surface area (Å²) in [5, 5.41) is 22.0. The number of hydrogen-bond donors (Lipinski definition) is 2. The molecule has 1 fully saturated rings. The number of anilines is 1. The third kappa shape index (κ3) is 3.78. The first kappa shape index (κ1) is 24.0. The average Bonchev–Trinajstić information content (AvgIpc) is 3.56. The summed E-state index contributed by atoms with van der Waals surface area (Å²) >= 11 is 1.29.